The van der Waals surface area contributed by atoms with E-state index in [9.17, 15) is 13.7 Å². The fourth-order valence-electron chi connectivity index (χ4n) is 2.95. The van der Waals surface area contributed by atoms with Crippen LogP contribution in [0.5, 0.6) is 0 Å². The molecule has 2 rings (SSSR count). The molecule has 6 nitrogen and oxygen atoms in total. The van der Waals surface area contributed by atoms with Gasteiger partial charge in [0.25, 0.3) is 0 Å². The van der Waals surface area contributed by atoms with E-state index >= 15 is 0 Å². The predicted molar refractivity (Wildman–Crippen MR) is 83.7 cm³/mol. The Hall–Kier alpha value is -1.39. The molecule has 1 aromatic heterocycles. The van der Waals surface area contributed by atoms with Gasteiger partial charge in [0.2, 0.25) is 10.0 Å². The average Bonchev–Trinajstić information content (AvgIpc) is 2.63. The minimum Gasteiger partial charge on any atom is -0.268 e. The molecule has 0 saturated heterocycles. The summed E-state index contributed by atoms with van der Waals surface area (Å²) >= 11 is 0. The summed E-state index contributed by atoms with van der Waals surface area (Å²) in [7, 11) is -2.21. The summed E-state index contributed by atoms with van der Waals surface area (Å²) in [5.74, 6) is 0.378. The smallest absolute Gasteiger partial charge is 0.247 e. The number of rotatable bonds is 5. The van der Waals surface area contributed by atoms with Crippen LogP contribution in [0.3, 0.4) is 0 Å². The van der Waals surface area contributed by atoms with E-state index in [-0.39, 0.29) is 4.90 Å². The van der Waals surface area contributed by atoms with Crippen LogP contribution < -0.4 is 0 Å². The van der Waals surface area contributed by atoms with Crippen LogP contribution in [0.1, 0.15) is 44.5 Å². The number of hydrogen-bond donors (Lipinski definition) is 0. The van der Waals surface area contributed by atoms with Crippen molar-refractivity contribution in [2.75, 3.05) is 7.05 Å². The largest absolute Gasteiger partial charge is 0.268 e. The molecule has 1 aliphatic rings. The summed E-state index contributed by atoms with van der Waals surface area (Å²) in [5.41, 5.74) is 0.251. The first-order valence-electron chi connectivity index (χ1n) is 7.60. The summed E-state index contributed by atoms with van der Waals surface area (Å²) < 4.78 is 29.0. The first-order chi connectivity index (χ1) is 10.2. The highest BCUT2D eigenvalue weighted by molar-refractivity contribution is 7.89. The van der Waals surface area contributed by atoms with Gasteiger partial charge in [0.15, 0.2) is 0 Å². The molecule has 1 saturated carbocycles. The van der Waals surface area contributed by atoms with Crippen molar-refractivity contribution in [3.63, 3.8) is 0 Å². The van der Waals surface area contributed by atoms with Gasteiger partial charge in [-0.1, -0.05) is 13.8 Å². The maximum absolute atomic E-state index is 13.0. The standard InChI is InChI=1S/C15H24N4O2S/c1-11(2)9-19-13(4)14(12(3)17-19)22(20,21)18(5)15(10-16)7-6-8-15/h11H,6-9H2,1-5H3. The lowest BCUT2D eigenvalue weighted by atomic mass is 9.78. The summed E-state index contributed by atoms with van der Waals surface area (Å²) in [5, 5.41) is 13.8. The topological polar surface area (TPSA) is 79.0 Å². The molecule has 1 heterocycles. The van der Waals surface area contributed by atoms with Crippen molar-refractivity contribution >= 4 is 10.0 Å². The van der Waals surface area contributed by atoms with Gasteiger partial charge in [-0.25, -0.2) is 8.42 Å². The first kappa shape index (κ1) is 17.0. The van der Waals surface area contributed by atoms with Crippen molar-refractivity contribution in [1.29, 1.82) is 5.26 Å². The Bertz CT molecular complexity index is 709. The van der Waals surface area contributed by atoms with Crippen LogP contribution in [0.2, 0.25) is 0 Å². The summed E-state index contributed by atoms with van der Waals surface area (Å²) in [4.78, 5) is 0.247. The molecule has 0 radical (unpaired) electrons. The molecule has 0 amide bonds. The summed E-state index contributed by atoms with van der Waals surface area (Å²) in [6.07, 6.45) is 2.08. The molecule has 22 heavy (non-hydrogen) atoms. The highest BCUT2D eigenvalue weighted by Gasteiger charge is 2.48. The molecule has 7 heteroatoms. The molecule has 0 bridgehead atoms. The van der Waals surface area contributed by atoms with E-state index in [1.54, 1.807) is 18.5 Å². The Kier molecular flexibility index (Phi) is 4.37. The van der Waals surface area contributed by atoms with Crippen LogP contribution in [0.25, 0.3) is 0 Å². The lowest BCUT2D eigenvalue weighted by Crippen LogP contribution is -2.53. The van der Waals surface area contributed by atoms with E-state index in [1.165, 1.54) is 11.4 Å². The third-order valence-electron chi connectivity index (χ3n) is 4.46. The van der Waals surface area contributed by atoms with E-state index in [2.05, 4.69) is 25.0 Å². The van der Waals surface area contributed by atoms with Crippen LogP contribution in [0.4, 0.5) is 0 Å². The fourth-order valence-corrected chi connectivity index (χ4v) is 4.80. The van der Waals surface area contributed by atoms with Crippen molar-refractivity contribution in [1.82, 2.24) is 14.1 Å². The van der Waals surface area contributed by atoms with Gasteiger partial charge in [-0.2, -0.15) is 14.7 Å². The first-order valence-corrected chi connectivity index (χ1v) is 9.04. The molecular weight excluding hydrogens is 300 g/mol. The Morgan fingerprint density at radius 1 is 1.41 bits per heavy atom. The Morgan fingerprint density at radius 3 is 2.41 bits per heavy atom. The highest BCUT2D eigenvalue weighted by Crippen LogP contribution is 2.40. The van der Waals surface area contributed by atoms with E-state index in [4.69, 9.17) is 0 Å². The van der Waals surface area contributed by atoms with Crippen LogP contribution in [-0.4, -0.2) is 35.1 Å². The van der Waals surface area contributed by atoms with E-state index in [1.807, 2.05) is 0 Å². The Morgan fingerprint density at radius 2 is 2.00 bits per heavy atom. The van der Waals surface area contributed by atoms with E-state index < -0.39 is 15.6 Å². The number of aryl methyl sites for hydroxylation is 1. The minimum absolute atomic E-state index is 0.247. The highest BCUT2D eigenvalue weighted by atomic mass is 32.2. The molecule has 0 aromatic carbocycles. The zero-order chi connectivity index (χ0) is 16.7. The number of nitriles is 1. The Labute approximate surface area is 132 Å². The van der Waals surface area contributed by atoms with Gasteiger partial charge in [-0.05, 0) is 39.0 Å². The molecule has 1 aromatic rings. The predicted octanol–water partition coefficient (Wildman–Crippen LogP) is 2.22. The number of aromatic nitrogens is 2. The maximum atomic E-state index is 13.0. The lowest BCUT2D eigenvalue weighted by Gasteiger charge is -2.41. The number of sulfonamides is 1. The van der Waals surface area contributed by atoms with Crippen molar-refractivity contribution in [3.05, 3.63) is 11.4 Å². The summed E-state index contributed by atoms with van der Waals surface area (Å²) in [6, 6.07) is 2.19. The third kappa shape index (κ3) is 2.55. The molecule has 0 atom stereocenters. The van der Waals surface area contributed by atoms with Crippen LogP contribution in [0, 0.1) is 31.1 Å². The molecule has 0 N–H and O–H groups in total. The van der Waals surface area contributed by atoms with Gasteiger partial charge in [0, 0.05) is 13.6 Å². The zero-order valence-corrected chi connectivity index (χ0v) is 14.7. The Balaban J connectivity index is 2.47. The lowest BCUT2D eigenvalue weighted by molar-refractivity contribution is 0.171. The van der Waals surface area contributed by atoms with Gasteiger partial charge < -0.3 is 0 Å². The van der Waals surface area contributed by atoms with Crippen LogP contribution >= 0.6 is 0 Å². The number of hydrogen-bond acceptors (Lipinski definition) is 4. The third-order valence-corrected chi connectivity index (χ3v) is 6.64. The second-order valence-electron chi connectivity index (χ2n) is 6.55. The second kappa shape index (κ2) is 5.67. The quantitative estimate of drug-likeness (QED) is 0.832. The molecule has 0 aliphatic heterocycles. The van der Waals surface area contributed by atoms with Gasteiger partial charge in [-0.3, -0.25) is 4.68 Å². The SMILES string of the molecule is Cc1nn(CC(C)C)c(C)c1S(=O)(=O)N(C)C1(C#N)CCC1. The second-order valence-corrected chi connectivity index (χ2v) is 8.45. The monoisotopic (exact) mass is 324 g/mol. The molecule has 0 unspecified atom stereocenters. The van der Waals surface area contributed by atoms with Crippen molar-refractivity contribution in [3.8, 4) is 6.07 Å². The van der Waals surface area contributed by atoms with Crippen molar-refractivity contribution in [2.24, 2.45) is 5.92 Å². The zero-order valence-electron chi connectivity index (χ0n) is 13.9. The van der Waals surface area contributed by atoms with E-state index in [0.29, 0.717) is 36.7 Å². The van der Waals surface area contributed by atoms with Gasteiger partial charge in [-0.15, -0.1) is 0 Å². The normalized spacial score (nSPS) is 17.5. The van der Waals surface area contributed by atoms with Gasteiger partial charge in [0.05, 0.1) is 17.5 Å². The van der Waals surface area contributed by atoms with Crippen molar-refractivity contribution in [2.45, 2.75) is 63.9 Å². The molecule has 1 fully saturated rings. The van der Waals surface area contributed by atoms with Crippen LogP contribution in [-0.2, 0) is 16.6 Å². The van der Waals surface area contributed by atoms with Crippen molar-refractivity contribution < 1.29 is 8.42 Å². The van der Waals surface area contributed by atoms with E-state index in [0.717, 1.165) is 6.42 Å². The molecular formula is C15H24N4O2S. The van der Waals surface area contributed by atoms with Crippen LogP contribution in [0.15, 0.2) is 4.90 Å². The molecule has 0 spiro atoms. The summed E-state index contributed by atoms with van der Waals surface area (Å²) in [6.45, 7) is 8.30. The maximum Gasteiger partial charge on any atom is 0.247 e. The minimum atomic E-state index is -3.72. The average molecular weight is 324 g/mol. The molecule has 1 aliphatic carbocycles. The van der Waals surface area contributed by atoms with Gasteiger partial charge >= 0.3 is 0 Å². The molecule has 122 valence electrons. The number of nitrogens with zero attached hydrogens (tertiary/aromatic N) is 4. The fraction of sp³-hybridized carbons (Fsp3) is 0.733. The van der Waals surface area contributed by atoms with Gasteiger partial charge in [0.1, 0.15) is 10.4 Å².